The van der Waals surface area contributed by atoms with Gasteiger partial charge in [0, 0.05) is 0 Å². The lowest BCUT2D eigenvalue weighted by molar-refractivity contribution is -0.182. The Balaban J connectivity index is 1.43. The van der Waals surface area contributed by atoms with Crippen molar-refractivity contribution in [3.8, 4) is 22.6 Å². The summed E-state index contributed by atoms with van der Waals surface area (Å²) in [4.78, 5) is 25.5. The molecule has 7 nitrogen and oxygen atoms in total. The highest BCUT2D eigenvalue weighted by Crippen LogP contribution is 2.38. The highest BCUT2D eigenvalue weighted by atomic mass is 79.9. The fourth-order valence-corrected chi connectivity index (χ4v) is 5.55. The third-order valence-corrected chi connectivity index (χ3v) is 8.17. The van der Waals surface area contributed by atoms with Gasteiger partial charge in [-0.1, -0.05) is 58.4 Å². The van der Waals surface area contributed by atoms with Crippen LogP contribution in [-0.2, 0) is 19.1 Å². The predicted molar refractivity (Wildman–Crippen MR) is 148 cm³/mol. The van der Waals surface area contributed by atoms with Gasteiger partial charge in [-0.05, 0) is 88.3 Å². The first kappa shape index (κ1) is 28.2. The van der Waals surface area contributed by atoms with Gasteiger partial charge < -0.3 is 24.6 Å². The van der Waals surface area contributed by atoms with Gasteiger partial charge in [-0.2, -0.15) is 0 Å². The maximum Gasteiger partial charge on any atom is 0.349 e. The average Bonchev–Trinajstić information content (AvgIpc) is 3.15. The van der Waals surface area contributed by atoms with E-state index in [9.17, 15) is 14.7 Å². The van der Waals surface area contributed by atoms with E-state index in [0.717, 1.165) is 30.4 Å². The fraction of sp³-hybridized carbons (Fsp3) is 0.467. The molecular formula is C30H36BrNO6. The molecule has 0 spiro atoms. The Morgan fingerprint density at radius 2 is 1.74 bits per heavy atom. The number of hydrogen-bond acceptors (Lipinski definition) is 7. The van der Waals surface area contributed by atoms with Gasteiger partial charge in [0.2, 0.25) is 6.29 Å². The molecule has 2 aromatic rings. The van der Waals surface area contributed by atoms with Gasteiger partial charge in [0.25, 0.3) is 0 Å². The van der Waals surface area contributed by atoms with E-state index in [2.05, 4.69) is 42.0 Å². The highest BCUT2D eigenvalue weighted by molar-refractivity contribution is 9.12. The van der Waals surface area contributed by atoms with E-state index in [1.54, 1.807) is 24.3 Å². The van der Waals surface area contributed by atoms with Gasteiger partial charge in [-0.15, -0.1) is 0 Å². The number of aromatic hydroxyl groups is 1. The third-order valence-electron chi connectivity index (χ3n) is 7.42. The second kappa shape index (κ2) is 12.3. The van der Waals surface area contributed by atoms with Crippen LogP contribution in [0.2, 0.25) is 0 Å². The first-order chi connectivity index (χ1) is 18.2. The Morgan fingerprint density at radius 1 is 1.11 bits per heavy atom. The number of phenols is 1. The third kappa shape index (κ3) is 6.59. The van der Waals surface area contributed by atoms with Crippen LogP contribution in [0.15, 0.2) is 58.7 Å². The van der Waals surface area contributed by atoms with E-state index in [0.29, 0.717) is 35.6 Å². The van der Waals surface area contributed by atoms with Crippen molar-refractivity contribution in [3.63, 3.8) is 0 Å². The minimum atomic E-state index is -0.903. The van der Waals surface area contributed by atoms with Crippen molar-refractivity contribution in [2.45, 2.75) is 71.8 Å². The molecule has 0 saturated heterocycles. The topological polar surface area (TPSA) is 94.1 Å². The summed E-state index contributed by atoms with van der Waals surface area (Å²) >= 11 is 3.33. The zero-order chi connectivity index (χ0) is 27.4. The van der Waals surface area contributed by atoms with Crippen LogP contribution in [0.25, 0.3) is 11.1 Å². The molecule has 0 amide bonds. The van der Waals surface area contributed by atoms with Crippen LogP contribution >= 0.6 is 15.9 Å². The van der Waals surface area contributed by atoms with Gasteiger partial charge in [0.1, 0.15) is 27.7 Å². The molecule has 1 saturated carbocycles. The summed E-state index contributed by atoms with van der Waals surface area (Å²) in [6, 6.07) is 13.3. The van der Waals surface area contributed by atoms with E-state index in [1.807, 2.05) is 31.2 Å². The number of benzene rings is 2. The number of nitrogens with one attached hydrogen (secondary N) is 1. The summed E-state index contributed by atoms with van der Waals surface area (Å²) in [7, 11) is 0. The normalized spacial score (nSPS) is 24.3. The SMILES string of the molecule is CC[C@H](NC1=C(Br)C(=O)O[C@@H]1OC1CC(C)CCC1C(C)C)C(=O)Oc1ccc(-c2ccc(O)cc2)cc1. The smallest absolute Gasteiger partial charge is 0.349 e. The molecule has 5 atom stereocenters. The summed E-state index contributed by atoms with van der Waals surface area (Å²) < 4.78 is 17.8. The monoisotopic (exact) mass is 585 g/mol. The number of carbonyl (C=O) groups is 2. The number of rotatable bonds is 9. The van der Waals surface area contributed by atoms with Crippen molar-refractivity contribution in [3.05, 3.63) is 58.7 Å². The second-order valence-corrected chi connectivity index (χ2v) is 11.4. The molecule has 1 aliphatic carbocycles. The molecule has 3 unspecified atom stereocenters. The number of carbonyl (C=O) groups excluding carboxylic acids is 2. The van der Waals surface area contributed by atoms with Crippen molar-refractivity contribution < 1.29 is 28.9 Å². The molecule has 2 aromatic carbocycles. The Labute approximate surface area is 232 Å². The molecule has 2 aliphatic rings. The number of esters is 2. The van der Waals surface area contributed by atoms with E-state index in [4.69, 9.17) is 14.2 Å². The fourth-order valence-electron chi connectivity index (χ4n) is 5.15. The van der Waals surface area contributed by atoms with E-state index >= 15 is 0 Å². The summed E-state index contributed by atoms with van der Waals surface area (Å²) in [6.45, 7) is 8.48. The van der Waals surface area contributed by atoms with Crippen LogP contribution in [0, 0.1) is 17.8 Å². The minimum Gasteiger partial charge on any atom is -0.508 e. The van der Waals surface area contributed by atoms with Crippen LogP contribution < -0.4 is 10.1 Å². The van der Waals surface area contributed by atoms with Gasteiger partial charge >= 0.3 is 11.9 Å². The number of cyclic esters (lactones) is 1. The maximum absolute atomic E-state index is 13.1. The van der Waals surface area contributed by atoms with Crippen LogP contribution in [0.1, 0.15) is 53.4 Å². The zero-order valence-corrected chi connectivity index (χ0v) is 23.9. The van der Waals surface area contributed by atoms with Crippen LogP contribution in [0.4, 0.5) is 0 Å². The predicted octanol–water partition coefficient (Wildman–Crippen LogP) is 6.30. The summed E-state index contributed by atoms with van der Waals surface area (Å²) in [5, 5.41) is 12.7. The summed E-state index contributed by atoms with van der Waals surface area (Å²) in [5.41, 5.74) is 2.29. The molecule has 0 radical (unpaired) electrons. The molecule has 204 valence electrons. The van der Waals surface area contributed by atoms with Gasteiger partial charge in [0.15, 0.2) is 0 Å². The molecule has 1 heterocycles. The average molecular weight is 587 g/mol. The van der Waals surface area contributed by atoms with Gasteiger partial charge in [-0.25, -0.2) is 9.59 Å². The number of phenolic OH excluding ortho intramolecular Hbond substituents is 1. The molecule has 1 aliphatic heterocycles. The second-order valence-electron chi connectivity index (χ2n) is 10.6. The maximum atomic E-state index is 13.1. The molecule has 38 heavy (non-hydrogen) atoms. The summed E-state index contributed by atoms with van der Waals surface area (Å²) in [6.07, 6.45) is 2.64. The molecule has 8 heteroatoms. The van der Waals surface area contributed by atoms with Crippen molar-refractivity contribution >= 4 is 27.9 Å². The van der Waals surface area contributed by atoms with Crippen LogP contribution in [0.5, 0.6) is 11.5 Å². The molecule has 0 bridgehead atoms. The minimum absolute atomic E-state index is 0.0362. The van der Waals surface area contributed by atoms with Crippen molar-refractivity contribution in [2.75, 3.05) is 0 Å². The van der Waals surface area contributed by atoms with Crippen LogP contribution in [-0.4, -0.2) is 35.5 Å². The zero-order valence-electron chi connectivity index (χ0n) is 22.3. The molecule has 0 aromatic heterocycles. The summed E-state index contributed by atoms with van der Waals surface area (Å²) in [5.74, 6) is 0.990. The van der Waals surface area contributed by atoms with E-state index in [1.165, 1.54) is 0 Å². The molecular weight excluding hydrogens is 550 g/mol. The van der Waals surface area contributed by atoms with Gasteiger partial charge in [0.05, 0.1) is 6.10 Å². The van der Waals surface area contributed by atoms with Crippen molar-refractivity contribution in [1.82, 2.24) is 5.32 Å². The molecule has 4 rings (SSSR count). The quantitative estimate of drug-likeness (QED) is 0.263. The van der Waals surface area contributed by atoms with Gasteiger partial charge in [-0.3, -0.25) is 0 Å². The number of hydrogen-bond donors (Lipinski definition) is 2. The molecule has 2 N–H and O–H groups in total. The van der Waals surface area contributed by atoms with E-state index < -0.39 is 24.3 Å². The Hall–Kier alpha value is -2.84. The Morgan fingerprint density at radius 3 is 2.34 bits per heavy atom. The number of ether oxygens (including phenoxy) is 3. The Bertz CT molecular complexity index is 1160. The van der Waals surface area contributed by atoms with Crippen molar-refractivity contribution in [2.24, 2.45) is 17.8 Å². The Kier molecular flexibility index (Phi) is 9.15. The largest absolute Gasteiger partial charge is 0.508 e. The number of halogens is 1. The lowest BCUT2D eigenvalue weighted by Gasteiger charge is -2.38. The molecule has 1 fully saturated rings. The lowest BCUT2D eigenvalue weighted by atomic mass is 9.75. The van der Waals surface area contributed by atoms with Crippen LogP contribution in [0.3, 0.4) is 0 Å². The first-order valence-corrected chi connectivity index (χ1v) is 14.1. The van der Waals surface area contributed by atoms with E-state index in [-0.39, 0.29) is 16.3 Å². The highest BCUT2D eigenvalue weighted by Gasteiger charge is 2.41. The standard InChI is InChI=1S/C30H36BrNO6/c1-5-24(28(34)36-22-13-9-20(10-14-22)19-7-11-21(33)12-8-19)32-27-26(31)29(35)38-30(27)37-25-16-18(4)6-15-23(25)17(2)3/h7-14,17-18,23-25,30,32-33H,5-6,15-16H2,1-4H3/t18?,23?,24-,25?,30-/m0/s1. The van der Waals surface area contributed by atoms with Crippen molar-refractivity contribution in [1.29, 1.82) is 0 Å². The first-order valence-electron chi connectivity index (χ1n) is 13.3. The lowest BCUT2D eigenvalue weighted by Crippen LogP contribution is -2.43.